The van der Waals surface area contributed by atoms with Crippen molar-refractivity contribution in [3.63, 3.8) is 0 Å². The van der Waals surface area contributed by atoms with E-state index >= 15 is 0 Å². The van der Waals surface area contributed by atoms with Gasteiger partial charge in [-0.15, -0.1) is 0 Å². The summed E-state index contributed by atoms with van der Waals surface area (Å²) < 4.78 is 5.39. The lowest BCUT2D eigenvalue weighted by Gasteiger charge is -2.39. The quantitative estimate of drug-likeness (QED) is 0.702. The molecule has 0 aliphatic carbocycles. The molecule has 2 atom stereocenters. The van der Waals surface area contributed by atoms with E-state index in [1.165, 1.54) is 19.4 Å². The van der Waals surface area contributed by atoms with Crippen LogP contribution in [-0.2, 0) is 4.74 Å². The molecule has 3 aliphatic heterocycles. The van der Waals surface area contributed by atoms with Crippen LogP contribution in [0.1, 0.15) is 32.1 Å². The van der Waals surface area contributed by atoms with Crippen molar-refractivity contribution in [2.45, 2.75) is 43.7 Å². The smallest absolute Gasteiger partial charge is 0.0844 e. The molecular formula is C12H21NO2. The van der Waals surface area contributed by atoms with E-state index in [9.17, 15) is 5.11 Å². The van der Waals surface area contributed by atoms with Gasteiger partial charge in [0.1, 0.15) is 0 Å². The molecule has 3 aliphatic rings. The molecule has 0 aromatic carbocycles. The Morgan fingerprint density at radius 3 is 2.73 bits per heavy atom. The highest BCUT2D eigenvalue weighted by atomic mass is 16.5. The largest absolute Gasteiger partial charge is 0.388 e. The summed E-state index contributed by atoms with van der Waals surface area (Å²) >= 11 is 0. The van der Waals surface area contributed by atoms with Gasteiger partial charge in [-0.2, -0.15) is 0 Å². The van der Waals surface area contributed by atoms with Crippen LogP contribution in [0.25, 0.3) is 0 Å². The molecule has 0 saturated carbocycles. The highest BCUT2D eigenvalue weighted by molar-refractivity contribution is 5.06. The van der Waals surface area contributed by atoms with E-state index in [0.29, 0.717) is 12.0 Å². The van der Waals surface area contributed by atoms with Crippen molar-refractivity contribution in [2.24, 2.45) is 5.92 Å². The Morgan fingerprint density at radius 1 is 1.13 bits per heavy atom. The molecule has 0 amide bonds. The lowest BCUT2D eigenvalue weighted by Crippen LogP contribution is -2.49. The summed E-state index contributed by atoms with van der Waals surface area (Å²) in [5, 5.41) is 10.9. The first-order valence-corrected chi connectivity index (χ1v) is 6.35. The Labute approximate surface area is 91.4 Å². The maximum atomic E-state index is 10.9. The molecule has 3 rings (SSSR count). The summed E-state index contributed by atoms with van der Waals surface area (Å²) in [6.45, 7) is 4.01. The summed E-state index contributed by atoms with van der Waals surface area (Å²) in [4.78, 5) is 2.50. The lowest BCUT2D eigenvalue weighted by molar-refractivity contribution is -0.0792. The Morgan fingerprint density at radius 2 is 1.93 bits per heavy atom. The van der Waals surface area contributed by atoms with Gasteiger partial charge in [0.25, 0.3) is 0 Å². The van der Waals surface area contributed by atoms with Crippen LogP contribution in [0, 0.1) is 5.92 Å². The fraction of sp³-hybridized carbons (Fsp3) is 1.00. The lowest BCUT2D eigenvalue weighted by atomic mass is 9.76. The SMILES string of the molecule is OC1(C2CCOCC2)CCN2CCCC21. The third kappa shape index (κ3) is 1.52. The van der Waals surface area contributed by atoms with Crippen LogP contribution in [0.5, 0.6) is 0 Å². The van der Waals surface area contributed by atoms with Crippen LogP contribution in [0.15, 0.2) is 0 Å². The van der Waals surface area contributed by atoms with Crippen molar-refractivity contribution < 1.29 is 9.84 Å². The first kappa shape index (κ1) is 10.1. The second-order valence-corrected chi connectivity index (χ2v) is 5.32. The van der Waals surface area contributed by atoms with E-state index in [4.69, 9.17) is 4.74 Å². The zero-order valence-electron chi connectivity index (χ0n) is 9.32. The van der Waals surface area contributed by atoms with Gasteiger partial charge < -0.3 is 9.84 Å². The minimum atomic E-state index is -0.389. The van der Waals surface area contributed by atoms with Gasteiger partial charge >= 0.3 is 0 Å². The summed E-state index contributed by atoms with van der Waals surface area (Å²) in [5.41, 5.74) is -0.389. The van der Waals surface area contributed by atoms with Crippen LogP contribution >= 0.6 is 0 Å². The number of rotatable bonds is 1. The zero-order chi connectivity index (χ0) is 10.3. The minimum absolute atomic E-state index is 0.389. The summed E-state index contributed by atoms with van der Waals surface area (Å²) in [6, 6.07) is 0.459. The molecule has 3 heterocycles. The molecule has 0 bridgehead atoms. The first-order chi connectivity index (χ1) is 7.31. The van der Waals surface area contributed by atoms with E-state index in [1.54, 1.807) is 0 Å². The fourth-order valence-corrected chi connectivity index (χ4v) is 3.82. The Balaban J connectivity index is 1.77. The van der Waals surface area contributed by atoms with Crippen LogP contribution in [0.3, 0.4) is 0 Å². The second kappa shape index (κ2) is 3.72. The van der Waals surface area contributed by atoms with E-state index in [1.807, 2.05) is 0 Å². The second-order valence-electron chi connectivity index (χ2n) is 5.32. The van der Waals surface area contributed by atoms with E-state index in [0.717, 1.165) is 39.0 Å². The van der Waals surface area contributed by atoms with Gasteiger partial charge in [0.05, 0.1) is 5.60 Å². The van der Waals surface area contributed by atoms with E-state index in [2.05, 4.69) is 4.90 Å². The Hall–Kier alpha value is -0.120. The third-order valence-corrected chi connectivity index (χ3v) is 4.67. The van der Waals surface area contributed by atoms with E-state index in [-0.39, 0.29) is 5.60 Å². The molecule has 0 radical (unpaired) electrons. The van der Waals surface area contributed by atoms with Crippen molar-refractivity contribution in [1.82, 2.24) is 4.90 Å². The van der Waals surface area contributed by atoms with Crippen molar-refractivity contribution in [1.29, 1.82) is 0 Å². The van der Waals surface area contributed by atoms with Crippen molar-refractivity contribution in [2.75, 3.05) is 26.3 Å². The van der Waals surface area contributed by atoms with Crippen LogP contribution in [-0.4, -0.2) is 48.0 Å². The maximum Gasteiger partial charge on any atom is 0.0844 e. The normalized spacial score (nSPS) is 43.4. The summed E-state index contributed by atoms with van der Waals surface area (Å²) in [5.74, 6) is 0.486. The molecule has 1 N–H and O–H groups in total. The highest BCUT2D eigenvalue weighted by Gasteiger charge is 2.52. The molecule has 3 fully saturated rings. The first-order valence-electron chi connectivity index (χ1n) is 6.35. The summed E-state index contributed by atoms with van der Waals surface area (Å²) in [7, 11) is 0. The zero-order valence-corrected chi connectivity index (χ0v) is 9.32. The predicted octanol–water partition coefficient (Wildman–Crippen LogP) is 1.01. The van der Waals surface area contributed by atoms with Gasteiger partial charge in [0.2, 0.25) is 0 Å². The number of nitrogens with zero attached hydrogens (tertiary/aromatic N) is 1. The topological polar surface area (TPSA) is 32.7 Å². The number of hydrogen-bond acceptors (Lipinski definition) is 3. The minimum Gasteiger partial charge on any atom is -0.388 e. The van der Waals surface area contributed by atoms with Crippen LogP contribution < -0.4 is 0 Å². The van der Waals surface area contributed by atoms with Crippen molar-refractivity contribution in [3.8, 4) is 0 Å². The van der Waals surface area contributed by atoms with Gasteiger partial charge in [-0.1, -0.05) is 0 Å². The Bertz CT molecular complexity index is 240. The van der Waals surface area contributed by atoms with Crippen molar-refractivity contribution in [3.05, 3.63) is 0 Å². The number of hydrogen-bond donors (Lipinski definition) is 1. The molecule has 0 aromatic rings. The maximum absolute atomic E-state index is 10.9. The molecule has 3 saturated heterocycles. The van der Waals surface area contributed by atoms with Gasteiger partial charge in [0, 0.05) is 25.8 Å². The molecule has 0 spiro atoms. The molecule has 15 heavy (non-hydrogen) atoms. The average molecular weight is 211 g/mol. The molecular weight excluding hydrogens is 190 g/mol. The average Bonchev–Trinajstić information content (AvgIpc) is 2.85. The van der Waals surface area contributed by atoms with Crippen molar-refractivity contribution >= 4 is 0 Å². The summed E-state index contributed by atoms with van der Waals surface area (Å²) in [6.07, 6.45) is 5.58. The van der Waals surface area contributed by atoms with Crippen LogP contribution in [0.4, 0.5) is 0 Å². The van der Waals surface area contributed by atoms with Crippen LogP contribution in [0.2, 0.25) is 0 Å². The standard InChI is InChI=1S/C12H21NO2/c14-12(10-3-8-15-9-4-10)5-7-13-6-1-2-11(12)13/h10-11,14H,1-9H2. The molecule has 3 heteroatoms. The van der Waals surface area contributed by atoms with E-state index < -0.39 is 0 Å². The molecule has 2 unspecified atom stereocenters. The third-order valence-electron chi connectivity index (χ3n) is 4.67. The van der Waals surface area contributed by atoms with Gasteiger partial charge in [-0.05, 0) is 44.6 Å². The fourth-order valence-electron chi connectivity index (χ4n) is 3.82. The highest BCUT2D eigenvalue weighted by Crippen LogP contribution is 2.43. The molecule has 86 valence electrons. The molecule has 0 aromatic heterocycles. The van der Waals surface area contributed by atoms with Gasteiger partial charge in [-0.25, -0.2) is 0 Å². The number of fused-ring (bicyclic) bond motifs is 1. The number of ether oxygens (including phenoxy) is 1. The van der Waals surface area contributed by atoms with Gasteiger partial charge in [0.15, 0.2) is 0 Å². The monoisotopic (exact) mass is 211 g/mol. The number of aliphatic hydroxyl groups is 1. The van der Waals surface area contributed by atoms with Gasteiger partial charge in [-0.3, -0.25) is 4.90 Å². The Kier molecular flexibility index (Phi) is 2.49. The predicted molar refractivity (Wildman–Crippen MR) is 57.7 cm³/mol. The molecule has 3 nitrogen and oxygen atoms in total.